The molecular weight excluding hydrogens is 689 g/mol. The zero-order valence-electron chi connectivity index (χ0n) is 29.0. The molecule has 7 rings (SSSR count). The first-order valence-corrected chi connectivity index (χ1v) is 17.9. The number of hydrogen-bond acceptors (Lipinski definition) is 9. The molecule has 11 nitrogen and oxygen atoms in total. The van der Waals surface area contributed by atoms with E-state index in [-0.39, 0.29) is 17.2 Å². The molecule has 0 radical (unpaired) electrons. The van der Waals surface area contributed by atoms with Gasteiger partial charge in [0.15, 0.2) is 0 Å². The number of benzene rings is 1. The van der Waals surface area contributed by atoms with Crippen LogP contribution in [-0.4, -0.2) is 89.6 Å². The van der Waals surface area contributed by atoms with Gasteiger partial charge in [-0.2, -0.15) is 0 Å². The summed E-state index contributed by atoms with van der Waals surface area (Å²) in [7, 11) is 3.23. The number of hydrogen-bond donors (Lipinski definition) is 2. The van der Waals surface area contributed by atoms with E-state index < -0.39 is 0 Å². The molecule has 1 spiro atoms. The van der Waals surface area contributed by atoms with E-state index in [9.17, 15) is 9.59 Å². The van der Waals surface area contributed by atoms with Crippen LogP contribution in [0.4, 0.5) is 0 Å². The fourth-order valence-electron chi connectivity index (χ4n) is 7.47. The molecule has 6 heterocycles. The third kappa shape index (κ3) is 7.26. The first kappa shape index (κ1) is 35.1. The Kier molecular flexibility index (Phi) is 10.2. The zero-order valence-corrected chi connectivity index (χ0v) is 30.5. The number of likely N-dealkylation sites (tertiary alicyclic amines) is 2. The van der Waals surface area contributed by atoms with E-state index in [1.54, 1.807) is 27.3 Å². The van der Waals surface area contributed by atoms with Gasteiger partial charge in [-0.1, -0.05) is 53.5 Å². The van der Waals surface area contributed by atoms with Crippen LogP contribution in [0.1, 0.15) is 37.3 Å². The number of pyridine rings is 3. The fraction of sp³-hybridized carbons (Fsp3) is 0.395. The molecule has 0 saturated carbocycles. The average Bonchev–Trinajstić information content (AvgIpc) is 3.52. The van der Waals surface area contributed by atoms with Crippen LogP contribution in [-0.2, 0) is 22.7 Å². The maximum absolute atomic E-state index is 11.7. The molecule has 0 aliphatic carbocycles. The third-order valence-corrected chi connectivity index (χ3v) is 11.0. The minimum Gasteiger partial charge on any atom is -0.481 e. The van der Waals surface area contributed by atoms with Gasteiger partial charge in [-0.05, 0) is 31.0 Å². The maximum atomic E-state index is 11.7. The van der Waals surface area contributed by atoms with Crippen LogP contribution in [0.5, 0.6) is 11.8 Å². The van der Waals surface area contributed by atoms with Gasteiger partial charge in [-0.15, -0.1) is 0 Å². The third-order valence-electron chi connectivity index (χ3n) is 10.2. The topological polar surface area (TPSA) is 122 Å². The second-order valence-corrected chi connectivity index (χ2v) is 14.4. The smallest absolute Gasteiger partial charge is 0.220 e. The fourth-order valence-corrected chi connectivity index (χ4v) is 8.09. The predicted molar refractivity (Wildman–Crippen MR) is 197 cm³/mol. The highest BCUT2D eigenvalue weighted by Gasteiger charge is 2.48. The molecule has 13 heteroatoms. The highest BCUT2D eigenvalue weighted by Crippen LogP contribution is 2.42. The summed E-state index contributed by atoms with van der Waals surface area (Å²) < 4.78 is 11.4. The Hall–Kier alpha value is -4.29. The lowest BCUT2D eigenvalue weighted by atomic mass is 9.79. The van der Waals surface area contributed by atoms with Crippen LogP contribution in [0, 0.1) is 5.41 Å². The molecule has 3 aliphatic rings. The van der Waals surface area contributed by atoms with Gasteiger partial charge in [-0.25, -0.2) is 9.97 Å². The number of piperidine rings is 1. The Labute approximate surface area is 307 Å². The number of halogens is 2. The first-order valence-electron chi connectivity index (χ1n) is 17.2. The number of nitrogens with one attached hydrogen (secondary N) is 2. The summed E-state index contributed by atoms with van der Waals surface area (Å²) in [4.78, 5) is 41.9. The number of aromatic nitrogens is 3. The normalized spacial score (nSPS) is 17.4. The van der Waals surface area contributed by atoms with E-state index in [4.69, 9.17) is 42.6 Å². The molecule has 3 saturated heterocycles. The summed E-state index contributed by atoms with van der Waals surface area (Å²) in [6.45, 7) is 6.90. The first-order chi connectivity index (χ1) is 24.7. The number of carbonyl (C=O) groups is 2. The molecular formula is C38H41Cl2N7O4. The van der Waals surface area contributed by atoms with Gasteiger partial charge in [0.2, 0.25) is 23.6 Å². The monoisotopic (exact) mass is 729 g/mol. The number of amides is 2. The van der Waals surface area contributed by atoms with Crippen molar-refractivity contribution in [3.63, 3.8) is 0 Å². The van der Waals surface area contributed by atoms with Crippen LogP contribution in [0.3, 0.4) is 0 Å². The Morgan fingerprint density at radius 2 is 1.57 bits per heavy atom. The molecule has 0 bridgehead atoms. The zero-order chi connectivity index (χ0) is 35.7. The van der Waals surface area contributed by atoms with Crippen LogP contribution in [0.2, 0.25) is 10.0 Å². The van der Waals surface area contributed by atoms with Crippen LogP contribution < -0.4 is 20.1 Å². The maximum Gasteiger partial charge on any atom is 0.220 e. The van der Waals surface area contributed by atoms with Crippen molar-refractivity contribution in [3.05, 3.63) is 75.9 Å². The van der Waals surface area contributed by atoms with E-state index in [2.05, 4.69) is 20.5 Å². The highest BCUT2D eigenvalue weighted by atomic mass is 35.5. The van der Waals surface area contributed by atoms with E-state index in [1.165, 1.54) is 0 Å². The number of carbonyl (C=O) groups excluding carboxylic acids is 2. The number of nitrogens with zero attached hydrogens (tertiary/aromatic N) is 5. The Balaban J connectivity index is 1.08. The lowest BCUT2D eigenvalue weighted by Crippen LogP contribution is -2.56. The molecule has 1 aromatic carbocycles. The van der Waals surface area contributed by atoms with E-state index in [0.29, 0.717) is 75.6 Å². The Morgan fingerprint density at radius 1 is 0.922 bits per heavy atom. The van der Waals surface area contributed by atoms with Crippen molar-refractivity contribution in [1.29, 1.82) is 0 Å². The average molecular weight is 731 g/mol. The minimum absolute atomic E-state index is 0.0528. The van der Waals surface area contributed by atoms with Gasteiger partial charge in [0.1, 0.15) is 0 Å². The van der Waals surface area contributed by atoms with Crippen LogP contribution in [0.25, 0.3) is 33.8 Å². The molecule has 2 amide bonds. The molecule has 3 fully saturated rings. The van der Waals surface area contributed by atoms with Gasteiger partial charge >= 0.3 is 0 Å². The van der Waals surface area contributed by atoms with Crippen molar-refractivity contribution < 1.29 is 19.1 Å². The quantitative estimate of drug-likeness (QED) is 0.214. The Bertz CT molecular complexity index is 1960. The molecule has 3 aliphatic heterocycles. The van der Waals surface area contributed by atoms with Crippen molar-refractivity contribution in [1.82, 2.24) is 35.4 Å². The Morgan fingerprint density at radius 3 is 2.22 bits per heavy atom. The number of ether oxygens (including phenoxy) is 2. The molecule has 3 aromatic heterocycles. The van der Waals surface area contributed by atoms with Crippen molar-refractivity contribution in [2.24, 2.45) is 5.41 Å². The SMILES string of the molecule is COc1nc(-c2cccc(-c3nccc(-c4ccc(CN5CC6(CNC(=O)C6)C5)c(OC)n4)c3Cl)c2Cl)ccc1CNC1CCN(C(C)=O)CC1. The summed E-state index contributed by atoms with van der Waals surface area (Å²) in [5, 5.41) is 7.44. The van der Waals surface area contributed by atoms with Crippen molar-refractivity contribution >= 4 is 35.0 Å². The summed E-state index contributed by atoms with van der Waals surface area (Å²) in [5.41, 5.74) is 5.89. The van der Waals surface area contributed by atoms with E-state index in [0.717, 1.165) is 62.3 Å². The number of methoxy groups -OCH3 is 2. The van der Waals surface area contributed by atoms with E-state index in [1.807, 2.05) is 53.4 Å². The summed E-state index contributed by atoms with van der Waals surface area (Å²) >= 11 is 14.2. The van der Waals surface area contributed by atoms with Gasteiger partial charge in [0, 0.05) is 105 Å². The second kappa shape index (κ2) is 14.7. The van der Waals surface area contributed by atoms with E-state index >= 15 is 0 Å². The standard InChI is InChI=1S/C38H41Cl2N7O4/c1-23(48)47-15-12-26(13-16-47)42-18-24-7-9-30(44-36(24)50-2)27-5-4-6-29(33(27)39)35-34(40)28(11-14-41-35)31-10-8-25(37(45-31)51-3)19-46-21-38(22-46)17-32(49)43-20-38/h4-11,14,26,42H,12-13,15-22H2,1-3H3,(H,43,49). The van der Waals surface area contributed by atoms with Gasteiger partial charge < -0.3 is 25.0 Å². The molecule has 2 N–H and O–H groups in total. The molecule has 4 aromatic rings. The van der Waals surface area contributed by atoms with Crippen molar-refractivity contribution in [2.45, 2.75) is 45.3 Å². The molecule has 0 atom stereocenters. The number of rotatable bonds is 10. The van der Waals surface area contributed by atoms with Crippen molar-refractivity contribution in [2.75, 3.05) is 46.9 Å². The van der Waals surface area contributed by atoms with Crippen LogP contribution >= 0.6 is 23.2 Å². The van der Waals surface area contributed by atoms with Gasteiger partial charge in [0.25, 0.3) is 0 Å². The van der Waals surface area contributed by atoms with Gasteiger partial charge in [0.05, 0.1) is 41.3 Å². The van der Waals surface area contributed by atoms with Crippen LogP contribution in [0.15, 0.2) is 54.7 Å². The molecule has 51 heavy (non-hydrogen) atoms. The summed E-state index contributed by atoms with van der Waals surface area (Å²) in [5.74, 6) is 1.31. The lowest BCUT2D eigenvalue weighted by Gasteiger charge is -2.47. The van der Waals surface area contributed by atoms with Crippen molar-refractivity contribution in [3.8, 4) is 45.5 Å². The summed E-state index contributed by atoms with van der Waals surface area (Å²) in [6, 6.07) is 15.8. The minimum atomic E-state index is 0.0528. The van der Waals surface area contributed by atoms with Gasteiger partial charge in [-0.3, -0.25) is 19.5 Å². The highest BCUT2D eigenvalue weighted by molar-refractivity contribution is 6.39. The summed E-state index contributed by atoms with van der Waals surface area (Å²) in [6.07, 6.45) is 4.11. The molecule has 0 unspecified atom stereocenters. The lowest BCUT2D eigenvalue weighted by molar-refractivity contribution is -0.130. The second-order valence-electron chi connectivity index (χ2n) is 13.7. The molecule has 266 valence electrons. The largest absolute Gasteiger partial charge is 0.481 e. The predicted octanol–water partition coefficient (Wildman–Crippen LogP) is 5.62.